The minimum absolute atomic E-state index is 0.0994. The lowest BCUT2D eigenvalue weighted by atomic mass is 9.82. The Morgan fingerprint density at radius 3 is 2.59 bits per heavy atom. The van der Waals surface area contributed by atoms with E-state index in [0.29, 0.717) is 49.5 Å². The zero-order valence-corrected chi connectivity index (χ0v) is 22.2. The number of carbonyl (C=O) groups excluding carboxylic acids is 4. The predicted octanol–water partition coefficient (Wildman–Crippen LogP) is 4.07. The van der Waals surface area contributed by atoms with Crippen LogP contribution in [-0.4, -0.2) is 53.0 Å². The summed E-state index contributed by atoms with van der Waals surface area (Å²) < 4.78 is 0. The van der Waals surface area contributed by atoms with Crippen molar-refractivity contribution in [2.45, 2.75) is 64.8 Å². The molecule has 2 fully saturated rings. The third-order valence-electron chi connectivity index (χ3n) is 9.21. The molecule has 0 aromatic rings. The van der Waals surface area contributed by atoms with Crippen molar-refractivity contribution in [3.8, 4) is 0 Å². The molecule has 0 saturated heterocycles. The molecular formula is C30H40N2O5. The minimum Gasteiger partial charge on any atom is -0.509 e. The van der Waals surface area contributed by atoms with Gasteiger partial charge in [-0.2, -0.15) is 0 Å². The summed E-state index contributed by atoms with van der Waals surface area (Å²) in [4.78, 5) is 52.5. The Bertz CT molecular complexity index is 1050. The number of aliphatic hydroxyl groups excluding tert-OH is 1. The summed E-state index contributed by atoms with van der Waals surface area (Å²) in [7, 11) is 1.59. The molecule has 2 aliphatic heterocycles. The summed E-state index contributed by atoms with van der Waals surface area (Å²) in [6.07, 6.45) is 15.1. The van der Waals surface area contributed by atoms with Crippen LogP contribution in [0.2, 0.25) is 0 Å². The average molecular weight is 509 g/mol. The highest BCUT2D eigenvalue weighted by atomic mass is 16.3. The first-order valence-corrected chi connectivity index (χ1v) is 13.8. The fraction of sp³-hybridized carbons (Fsp3) is 0.600. The third-order valence-corrected chi connectivity index (χ3v) is 9.21. The molecule has 200 valence electrons. The van der Waals surface area contributed by atoms with E-state index in [-0.39, 0.29) is 47.1 Å². The number of ketones is 2. The average Bonchev–Trinajstić information content (AvgIpc) is 3.45. The van der Waals surface area contributed by atoms with Crippen molar-refractivity contribution in [1.82, 2.24) is 10.2 Å². The molecule has 2 amide bonds. The van der Waals surface area contributed by atoms with E-state index in [1.165, 1.54) is 11.0 Å². The van der Waals surface area contributed by atoms with Gasteiger partial charge in [0.1, 0.15) is 11.3 Å². The fourth-order valence-electron chi connectivity index (χ4n) is 7.17. The van der Waals surface area contributed by atoms with Gasteiger partial charge in [-0.15, -0.1) is 0 Å². The van der Waals surface area contributed by atoms with Crippen LogP contribution in [0, 0.1) is 35.5 Å². The summed E-state index contributed by atoms with van der Waals surface area (Å²) in [5.74, 6) is 0.960. The maximum Gasteiger partial charge on any atom is 0.261 e. The second kappa shape index (κ2) is 11.6. The molecule has 4 aliphatic rings. The smallest absolute Gasteiger partial charge is 0.261 e. The summed E-state index contributed by atoms with van der Waals surface area (Å²) in [6, 6.07) is -0.554. The van der Waals surface area contributed by atoms with E-state index in [1.807, 2.05) is 6.08 Å². The van der Waals surface area contributed by atoms with Gasteiger partial charge in [0.25, 0.3) is 5.91 Å². The van der Waals surface area contributed by atoms with E-state index in [2.05, 4.69) is 25.2 Å². The molecule has 0 aromatic heterocycles. The highest BCUT2D eigenvalue weighted by Crippen LogP contribution is 2.56. The molecule has 2 saturated carbocycles. The fourth-order valence-corrected chi connectivity index (χ4v) is 7.17. The van der Waals surface area contributed by atoms with Crippen molar-refractivity contribution in [2.24, 2.45) is 35.5 Å². The van der Waals surface area contributed by atoms with Crippen LogP contribution in [0.25, 0.3) is 0 Å². The number of fused-ring (bicyclic) bond motifs is 4. The molecule has 0 radical (unpaired) electrons. The number of nitrogens with zero attached hydrogens (tertiary/aromatic N) is 1. The molecule has 37 heavy (non-hydrogen) atoms. The van der Waals surface area contributed by atoms with Gasteiger partial charge in [-0.3, -0.25) is 19.2 Å². The highest BCUT2D eigenvalue weighted by Gasteiger charge is 2.52. The Balaban J connectivity index is 1.56. The maximum absolute atomic E-state index is 13.4. The second-order valence-corrected chi connectivity index (χ2v) is 11.2. The van der Waals surface area contributed by atoms with E-state index < -0.39 is 11.9 Å². The Hall–Kier alpha value is -2.96. The highest BCUT2D eigenvalue weighted by molar-refractivity contribution is 6.21. The first-order chi connectivity index (χ1) is 17.7. The molecular weight excluding hydrogens is 468 g/mol. The number of amides is 2. The first kappa shape index (κ1) is 27.1. The van der Waals surface area contributed by atoms with Crippen LogP contribution in [0.4, 0.5) is 0 Å². The third kappa shape index (κ3) is 5.51. The van der Waals surface area contributed by atoms with Crippen LogP contribution < -0.4 is 5.32 Å². The van der Waals surface area contributed by atoms with Crippen molar-refractivity contribution >= 4 is 23.4 Å². The normalized spacial score (nSPS) is 38.2. The van der Waals surface area contributed by atoms with Gasteiger partial charge in [0.15, 0.2) is 11.6 Å². The Labute approximate surface area is 219 Å². The van der Waals surface area contributed by atoms with Crippen molar-refractivity contribution in [1.29, 1.82) is 0 Å². The Kier molecular flexibility index (Phi) is 8.50. The number of aliphatic hydroxyl groups is 1. The summed E-state index contributed by atoms with van der Waals surface area (Å²) in [5.41, 5.74) is -0.115. The number of hydrogen-bond donors (Lipinski definition) is 2. The quantitative estimate of drug-likeness (QED) is 0.411. The topological polar surface area (TPSA) is 104 Å². The number of carbonyl (C=O) groups is 4. The molecule has 7 nitrogen and oxygen atoms in total. The lowest BCUT2D eigenvalue weighted by Gasteiger charge is -2.21. The molecule has 2 bridgehead atoms. The van der Waals surface area contributed by atoms with Gasteiger partial charge >= 0.3 is 0 Å². The van der Waals surface area contributed by atoms with Gasteiger partial charge in [0, 0.05) is 32.0 Å². The summed E-state index contributed by atoms with van der Waals surface area (Å²) in [5, 5.41) is 13.5. The van der Waals surface area contributed by atoms with Gasteiger partial charge in [-0.25, -0.2) is 0 Å². The van der Waals surface area contributed by atoms with Crippen molar-refractivity contribution in [3.63, 3.8) is 0 Å². The number of nitrogens with one attached hydrogen (secondary N) is 1. The van der Waals surface area contributed by atoms with Crippen molar-refractivity contribution in [3.05, 3.63) is 47.8 Å². The van der Waals surface area contributed by atoms with E-state index >= 15 is 0 Å². The lowest BCUT2D eigenvalue weighted by Crippen LogP contribution is -2.33. The minimum atomic E-state index is -0.554. The monoisotopic (exact) mass is 508 g/mol. The Morgan fingerprint density at radius 1 is 1.08 bits per heavy atom. The van der Waals surface area contributed by atoms with Crippen LogP contribution in [0.3, 0.4) is 0 Å². The molecule has 7 atom stereocenters. The predicted molar refractivity (Wildman–Crippen MR) is 141 cm³/mol. The molecule has 2 heterocycles. The number of hydrogen-bond acceptors (Lipinski definition) is 5. The molecule has 0 aromatic carbocycles. The zero-order valence-electron chi connectivity index (χ0n) is 22.2. The van der Waals surface area contributed by atoms with E-state index in [0.717, 1.165) is 19.3 Å². The van der Waals surface area contributed by atoms with Gasteiger partial charge < -0.3 is 15.3 Å². The van der Waals surface area contributed by atoms with Crippen molar-refractivity contribution < 1.29 is 24.3 Å². The first-order valence-electron chi connectivity index (χ1n) is 13.8. The van der Waals surface area contributed by atoms with Crippen LogP contribution in [0.5, 0.6) is 0 Å². The van der Waals surface area contributed by atoms with Gasteiger partial charge in [0.05, 0.1) is 6.04 Å². The zero-order chi connectivity index (χ0) is 26.7. The molecule has 7 heteroatoms. The molecule has 4 rings (SSSR count). The Morgan fingerprint density at radius 2 is 1.84 bits per heavy atom. The van der Waals surface area contributed by atoms with Crippen LogP contribution in [0.15, 0.2) is 47.8 Å². The van der Waals surface area contributed by atoms with Gasteiger partial charge in [0.2, 0.25) is 5.91 Å². The number of allylic oxidation sites excluding steroid dienone is 5. The van der Waals surface area contributed by atoms with E-state index in [1.54, 1.807) is 25.3 Å². The number of Topliss-reactive ketones (excluding diaryl/α,β-unsaturated/α-hetero) is 1. The standard InChI is InChI=1S/C30H40N2O5/c1-4-19-16-22-21(18(19)2)17-20-10-5-6-13-25(34)28-29(36)23(32(3)30(28)37)11-9-15-31-26(35)14-8-7-12-24(33)27(20)22/h5,7-8,10,12,14,18-23,27,36H,4,6,9,11,13,15-17H2,1-3H3,(H,31,35)/b10-5+,12-7+,14-8+. The number of likely N-dealkylation sites (N-methyl/N-ethyl adjacent to an activating group) is 1. The largest absolute Gasteiger partial charge is 0.509 e. The van der Waals surface area contributed by atoms with Crippen LogP contribution in [0.1, 0.15) is 58.8 Å². The van der Waals surface area contributed by atoms with Crippen LogP contribution in [-0.2, 0) is 19.2 Å². The molecule has 0 spiro atoms. The van der Waals surface area contributed by atoms with E-state index in [4.69, 9.17) is 0 Å². The van der Waals surface area contributed by atoms with E-state index in [9.17, 15) is 24.3 Å². The number of rotatable bonds is 1. The van der Waals surface area contributed by atoms with Gasteiger partial charge in [-0.05, 0) is 67.8 Å². The maximum atomic E-state index is 13.4. The summed E-state index contributed by atoms with van der Waals surface area (Å²) >= 11 is 0. The summed E-state index contributed by atoms with van der Waals surface area (Å²) in [6.45, 7) is 4.91. The van der Waals surface area contributed by atoms with Crippen molar-refractivity contribution in [2.75, 3.05) is 13.6 Å². The SMILES string of the molecule is CCC1CC2C(CC3/C=C/CCC(=O)C4=C(O)C(CCCNC(=O)/C=C/C=C/C(=O)C32)N(C)C4=O)C1C. The lowest BCUT2D eigenvalue weighted by molar-refractivity contribution is -0.128. The molecule has 2 N–H and O–H groups in total. The van der Waals surface area contributed by atoms with Crippen LogP contribution >= 0.6 is 0 Å². The molecule has 2 aliphatic carbocycles. The van der Waals surface area contributed by atoms with Gasteiger partial charge in [-0.1, -0.05) is 44.6 Å². The molecule has 7 unspecified atom stereocenters. The second-order valence-electron chi connectivity index (χ2n) is 11.2.